The van der Waals surface area contributed by atoms with Gasteiger partial charge in [0.1, 0.15) is 5.00 Å². The summed E-state index contributed by atoms with van der Waals surface area (Å²) in [6.45, 7) is 4.11. The topological polar surface area (TPSA) is 46.5 Å². The number of allylic oxidation sites excluding steroid dienone is 9. The van der Waals surface area contributed by atoms with Crippen molar-refractivity contribution in [3.8, 4) is 0 Å². The van der Waals surface area contributed by atoms with Crippen LogP contribution in [0.1, 0.15) is 50.9 Å². The summed E-state index contributed by atoms with van der Waals surface area (Å²) in [6.07, 6.45) is 19.3. The van der Waals surface area contributed by atoms with Gasteiger partial charge in [-0.1, -0.05) is 66.8 Å². The first kappa shape index (κ1) is 23.5. The summed E-state index contributed by atoms with van der Waals surface area (Å²) in [7, 11) is 0. The van der Waals surface area contributed by atoms with E-state index in [2.05, 4.69) is 49.5 Å². The van der Waals surface area contributed by atoms with E-state index in [1.807, 2.05) is 49.4 Å². The average Bonchev–Trinajstić information content (AvgIpc) is 3.39. The highest BCUT2D eigenvalue weighted by Gasteiger charge is 2.33. The van der Waals surface area contributed by atoms with Crippen molar-refractivity contribution in [2.75, 3.05) is 0 Å². The van der Waals surface area contributed by atoms with Crippen molar-refractivity contribution in [1.82, 2.24) is 0 Å². The zero-order valence-corrected chi connectivity index (χ0v) is 21.7. The molecule has 1 aromatic heterocycles. The van der Waals surface area contributed by atoms with Crippen molar-refractivity contribution in [2.45, 2.75) is 26.7 Å². The summed E-state index contributed by atoms with van der Waals surface area (Å²) in [5.74, 6) is 0.351. The Morgan fingerprint density at radius 2 is 1.70 bits per heavy atom. The van der Waals surface area contributed by atoms with Crippen LogP contribution in [0.4, 0.5) is 5.00 Å². The van der Waals surface area contributed by atoms with E-state index in [4.69, 9.17) is 4.99 Å². The molecule has 0 aliphatic heterocycles. The third-order valence-electron chi connectivity index (χ3n) is 7.41. The number of nitrogens with zero attached hydrogens (tertiary/aromatic N) is 1. The van der Waals surface area contributed by atoms with Gasteiger partial charge in [-0.15, -0.1) is 11.3 Å². The average molecular weight is 502 g/mol. The molecule has 3 aliphatic carbocycles. The van der Waals surface area contributed by atoms with Crippen LogP contribution in [0.3, 0.4) is 0 Å². The van der Waals surface area contributed by atoms with E-state index in [-0.39, 0.29) is 23.1 Å². The van der Waals surface area contributed by atoms with Crippen molar-refractivity contribution in [2.24, 2.45) is 16.8 Å². The zero-order valence-electron chi connectivity index (χ0n) is 20.9. The molecule has 4 heteroatoms. The zero-order chi connectivity index (χ0) is 25.5. The van der Waals surface area contributed by atoms with Crippen LogP contribution < -0.4 is 0 Å². The summed E-state index contributed by atoms with van der Waals surface area (Å²) in [5.41, 5.74) is 4.72. The van der Waals surface area contributed by atoms with Gasteiger partial charge in [0.2, 0.25) is 0 Å². The molecule has 182 valence electrons. The first-order valence-electron chi connectivity index (χ1n) is 12.7. The van der Waals surface area contributed by atoms with Crippen LogP contribution in [0.15, 0.2) is 101 Å². The van der Waals surface area contributed by atoms with Crippen LogP contribution in [0.25, 0.3) is 16.8 Å². The van der Waals surface area contributed by atoms with Crippen LogP contribution in [0.2, 0.25) is 0 Å². The Balaban J connectivity index is 1.22. The largest absolute Gasteiger partial charge is 0.288 e. The second-order valence-corrected chi connectivity index (χ2v) is 11.0. The highest BCUT2D eigenvalue weighted by atomic mass is 32.1. The minimum absolute atomic E-state index is 0.198. The monoisotopic (exact) mass is 501 g/mol. The van der Waals surface area contributed by atoms with E-state index in [1.165, 1.54) is 16.9 Å². The number of aryl methyl sites for hydroxylation is 1. The number of carbonyl (C=O) groups excluding carboxylic acids is 2. The third kappa shape index (κ3) is 4.42. The standard InChI is InChI=1S/C33H27NO2S/c1-20-16-27(19-30-31(35)28-17-25-10-6-7-11-26(25)18-29(28)32(30)36)37-33(20)34-21(2)22-12-14-24(15-13-22)23-8-4-3-5-9-23/h3-8,10-12,14-19,22-23H,9,13H2,1-2H3. The maximum absolute atomic E-state index is 13.1. The predicted molar refractivity (Wildman–Crippen MR) is 154 cm³/mol. The number of hydrogen-bond donors (Lipinski definition) is 0. The Hall–Kier alpha value is -3.89. The Morgan fingerprint density at radius 1 is 0.973 bits per heavy atom. The summed E-state index contributed by atoms with van der Waals surface area (Å²) in [5, 5.41) is 2.86. The molecular formula is C33H27NO2S. The molecule has 3 nitrogen and oxygen atoms in total. The van der Waals surface area contributed by atoms with E-state index >= 15 is 0 Å². The van der Waals surface area contributed by atoms with Crippen molar-refractivity contribution >= 4 is 50.5 Å². The van der Waals surface area contributed by atoms with E-state index in [9.17, 15) is 9.59 Å². The van der Waals surface area contributed by atoms with Gasteiger partial charge in [-0.05, 0) is 72.9 Å². The lowest BCUT2D eigenvalue weighted by molar-refractivity contribution is 0.0990. The van der Waals surface area contributed by atoms with Crippen LogP contribution in [-0.4, -0.2) is 17.3 Å². The number of thiophene rings is 1. The Bertz CT molecular complexity index is 1580. The highest BCUT2D eigenvalue weighted by molar-refractivity contribution is 7.17. The van der Waals surface area contributed by atoms with Crippen LogP contribution >= 0.6 is 11.3 Å². The van der Waals surface area contributed by atoms with Gasteiger partial charge in [-0.2, -0.15) is 0 Å². The highest BCUT2D eigenvalue weighted by Crippen LogP contribution is 2.36. The summed E-state index contributed by atoms with van der Waals surface area (Å²) in [4.78, 5) is 32.1. The predicted octanol–water partition coefficient (Wildman–Crippen LogP) is 8.40. The van der Waals surface area contributed by atoms with E-state index < -0.39 is 0 Å². The molecule has 1 heterocycles. The molecule has 0 fully saturated rings. The number of ketones is 2. The van der Waals surface area contributed by atoms with Crippen molar-refractivity contribution in [1.29, 1.82) is 0 Å². The summed E-state index contributed by atoms with van der Waals surface area (Å²) in [6, 6.07) is 13.5. The molecule has 2 atom stereocenters. The molecule has 0 N–H and O–H groups in total. The third-order valence-corrected chi connectivity index (χ3v) is 8.49. The molecule has 37 heavy (non-hydrogen) atoms. The van der Waals surface area contributed by atoms with E-state index in [0.717, 1.165) is 44.8 Å². The Kier molecular flexibility index (Phi) is 6.05. The molecule has 2 unspecified atom stereocenters. The first-order chi connectivity index (χ1) is 18.0. The van der Waals surface area contributed by atoms with Gasteiger partial charge in [-0.25, -0.2) is 4.99 Å². The molecule has 0 saturated carbocycles. The smallest absolute Gasteiger partial charge is 0.197 e. The molecule has 0 spiro atoms. The van der Waals surface area contributed by atoms with Gasteiger partial charge in [-0.3, -0.25) is 9.59 Å². The second-order valence-electron chi connectivity index (χ2n) is 9.91. The van der Waals surface area contributed by atoms with Crippen LogP contribution in [0, 0.1) is 18.8 Å². The maximum Gasteiger partial charge on any atom is 0.197 e. The van der Waals surface area contributed by atoms with Crippen molar-refractivity contribution in [3.63, 3.8) is 0 Å². The summed E-state index contributed by atoms with van der Waals surface area (Å²) >= 11 is 1.52. The molecule has 3 aromatic rings. The fraction of sp³-hybridized carbons (Fsp3) is 0.182. The second kappa shape index (κ2) is 9.53. The van der Waals surface area contributed by atoms with Crippen LogP contribution in [0.5, 0.6) is 0 Å². The normalized spacial score (nSPS) is 21.1. The first-order valence-corrected chi connectivity index (χ1v) is 13.5. The van der Waals surface area contributed by atoms with Gasteiger partial charge >= 0.3 is 0 Å². The molecule has 6 rings (SSSR count). The molecule has 2 aromatic carbocycles. The number of carbonyl (C=O) groups is 2. The summed E-state index contributed by atoms with van der Waals surface area (Å²) < 4.78 is 0. The minimum Gasteiger partial charge on any atom is -0.288 e. The number of Topliss-reactive ketones (excluding diaryl/α,β-unsaturated/α-hetero) is 2. The molecule has 0 bridgehead atoms. The number of rotatable bonds is 4. The minimum atomic E-state index is -0.198. The van der Waals surface area contributed by atoms with Gasteiger partial charge in [0, 0.05) is 33.6 Å². The van der Waals surface area contributed by atoms with Crippen molar-refractivity contribution in [3.05, 3.63) is 118 Å². The van der Waals surface area contributed by atoms with Crippen LogP contribution in [-0.2, 0) is 0 Å². The fourth-order valence-corrected chi connectivity index (χ4v) is 6.30. The SMILES string of the molecule is CC(=Nc1sc(C=C2C(=O)c3cc4ccccc4cc3C2=O)cc1C)C1C=CC(C2C=CC=CC2)=CC1. The number of hydrogen-bond acceptors (Lipinski definition) is 4. The number of benzene rings is 2. The molecule has 0 saturated heterocycles. The molecular weight excluding hydrogens is 474 g/mol. The van der Waals surface area contributed by atoms with Gasteiger partial charge in [0.25, 0.3) is 0 Å². The van der Waals surface area contributed by atoms with E-state index in [1.54, 1.807) is 6.08 Å². The molecule has 0 amide bonds. The fourth-order valence-electron chi connectivity index (χ4n) is 5.25. The van der Waals surface area contributed by atoms with Crippen molar-refractivity contribution < 1.29 is 9.59 Å². The number of aliphatic imine (C=N–C) groups is 1. The maximum atomic E-state index is 13.1. The van der Waals surface area contributed by atoms with E-state index in [0.29, 0.717) is 17.0 Å². The quantitative estimate of drug-likeness (QED) is 0.205. The lowest BCUT2D eigenvalue weighted by atomic mass is 9.85. The van der Waals surface area contributed by atoms with Gasteiger partial charge in [0.05, 0.1) is 5.57 Å². The molecule has 0 radical (unpaired) electrons. The lowest BCUT2D eigenvalue weighted by Gasteiger charge is -2.21. The van der Waals surface area contributed by atoms with Gasteiger partial charge < -0.3 is 0 Å². The Labute approximate surface area is 220 Å². The molecule has 3 aliphatic rings. The Morgan fingerprint density at radius 3 is 2.32 bits per heavy atom. The number of fused-ring (bicyclic) bond motifs is 2. The van der Waals surface area contributed by atoms with Gasteiger partial charge in [0.15, 0.2) is 11.6 Å². The lowest BCUT2D eigenvalue weighted by Crippen LogP contribution is -2.12.